The number of nitrogens with one attached hydrogen (secondary N) is 1. The molecule has 1 aliphatic carbocycles. The van der Waals surface area contributed by atoms with Gasteiger partial charge in [-0.15, -0.1) is 0 Å². The highest BCUT2D eigenvalue weighted by atomic mass is 32.2. The number of hydrogen-bond donors (Lipinski definition) is 1. The van der Waals surface area contributed by atoms with Crippen molar-refractivity contribution < 1.29 is 17.6 Å². The fourth-order valence-electron chi connectivity index (χ4n) is 6.80. The van der Waals surface area contributed by atoms with Crippen LogP contribution in [0.2, 0.25) is 0 Å². The van der Waals surface area contributed by atoms with Gasteiger partial charge in [0, 0.05) is 50.0 Å². The number of benzene rings is 1. The predicted molar refractivity (Wildman–Crippen MR) is 165 cm³/mol. The molecule has 2 aromatic heterocycles. The third-order valence-corrected chi connectivity index (χ3v) is 9.91. The third kappa shape index (κ3) is 6.87. The minimum absolute atomic E-state index is 0.0148. The smallest absolute Gasteiger partial charge is 0.256 e. The van der Waals surface area contributed by atoms with E-state index in [2.05, 4.69) is 27.7 Å². The highest BCUT2D eigenvalue weighted by molar-refractivity contribution is 7.88. The van der Waals surface area contributed by atoms with Crippen molar-refractivity contribution in [1.82, 2.24) is 24.1 Å². The first-order valence-corrected chi connectivity index (χ1v) is 17.0. The summed E-state index contributed by atoms with van der Waals surface area (Å²) < 4.78 is 42.4. The Morgan fingerprint density at radius 3 is 2.57 bits per heavy atom. The number of aromatic nitrogens is 2. The summed E-state index contributed by atoms with van der Waals surface area (Å²) in [5.74, 6) is 0.476. The fraction of sp³-hybridized carbons (Fsp3) is 0.562. The van der Waals surface area contributed by atoms with Crippen LogP contribution in [-0.4, -0.2) is 78.7 Å². The summed E-state index contributed by atoms with van der Waals surface area (Å²) in [5, 5.41) is 1.15. The first-order valence-electron chi connectivity index (χ1n) is 15.1. The number of aryl methyl sites for hydroxylation is 1. The molecule has 0 radical (unpaired) electrons. The summed E-state index contributed by atoms with van der Waals surface area (Å²) in [7, 11) is -1.41. The van der Waals surface area contributed by atoms with Gasteiger partial charge < -0.3 is 14.4 Å². The van der Waals surface area contributed by atoms with Crippen LogP contribution in [0.1, 0.15) is 67.4 Å². The number of amides is 1. The van der Waals surface area contributed by atoms with Crippen molar-refractivity contribution in [3.05, 3.63) is 59.3 Å². The number of rotatable bonds is 9. The van der Waals surface area contributed by atoms with Crippen molar-refractivity contribution in [1.29, 1.82) is 0 Å². The number of halogens is 1. The van der Waals surface area contributed by atoms with Crippen LogP contribution in [0.3, 0.4) is 0 Å². The number of fused-ring (bicyclic) bond motifs is 1. The van der Waals surface area contributed by atoms with E-state index in [1.54, 1.807) is 18.0 Å². The molecule has 1 amide bonds. The van der Waals surface area contributed by atoms with E-state index < -0.39 is 15.8 Å². The van der Waals surface area contributed by atoms with Crippen LogP contribution >= 0.6 is 0 Å². The highest BCUT2D eigenvalue weighted by Crippen LogP contribution is 2.33. The quantitative estimate of drug-likeness (QED) is 0.378. The monoisotopic (exact) mass is 597 g/mol. The molecule has 1 N–H and O–H groups in total. The van der Waals surface area contributed by atoms with Crippen molar-refractivity contribution in [2.45, 2.75) is 71.4 Å². The highest BCUT2D eigenvalue weighted by Gasteiger charge is 2.29. The predicted octanol–water partition coefficient (Wildman–Crippen LogP) is 4.93. The fourth-order valence-corrected chi connectivity index (χ4v) is 7.64. The van der Waals surface area contributed by atoms with E-state index in [0.29, 0.717) is 23.1 Å². The molecule has 2 aliphatic rings. The molecule has 0 unspecified atom stereocenters. The second-order valence-corrected chi connectivity index (χ2v) is 14.6. The topological polar surface area (TPSA) is 87.5 Å². The molecule has 1 aromatic carbocycles. The molecule has 5 rings (SSSR count). The maximum absolute atomic E-state index is 14.4. The molecule has 10 heteroatoms. The lowest BCUT2D eigenvalue weighted by atomic mass is 9.86. The van der Waals surface area contributed by atoms with Crippen LogP contribution in [-0.2, 0) is 16.4 Å². The van der Waals surface area contributed by atoms with Gasteiger partial charge in [0.05, 0.1) is 29.2 Å². The molecule has 42 heavy (non-hydrogen) atoms. The summed E-state index contributed by atoms with van der Waals surface area (Å²) in [6.45, 7) is 9.14. The van der Waals surface area contributed by atoms with Crippen LogP contribution in [0.25, 0.3) is 16.6 Å². The maximum Gasteiger partial charge on any atom is 0.256 e. The van der Waals surface area contributed by atoms with Gasteiger partial charge in [-0.3, -0.25) is 9.78 Å². The molecule has 1 saturated heterocycles. The molecule has 3 aromatic rings. The maximum atomic E-state index is 14.4. The Morgan fingerprint density at radius 2 is 1.88 bits per heavy atom. The molecule has 228 valence electrons. The van der Waals surface area contributed by atoms with E-state index in [1.165, 1.54) is 24.0 Å². The third-order valence-electron chi connectivity index (χ3n) is 9.15. The zero-order chi connectivity index (χ0) is 30.2. The van der Waals surface area contributed by atoms with Gasteiger partial charge in [0.1, 0.15) is 5.82 Å². The van der Waals surface area contributed by atoms with Crippen LogP contribution in [0, 0.1) is 24.6 Å². The number of hydrogen-bond acceptors (Lipinski definition) is 5. The van der Waals surface area contributed by atoms with E-state index in [-0.39, 0.29) is 18.0 Å². The molecular formula is C32H44FN5O3S. The lowest BCUT2D eigenvalue weighted by Gasteiger charge is -2.31. The number of nitrogens with zero attached hydrogens (tertiary/aromatic N) is 4. The number of carbonyl (C=O) groups is 1. The summed E-state index contributed by atoms with van der Waals surface area (Å²) in [6, 6.07) is 4.50. The normalized spacial score (nSPS) is 21.8. The van der Waals surface area contributed by atoms with Crippen LogP contribution in [0.4, 0.5) is 4.39 Å². The van der Waals surface area contributed by atoms with Gasteiger partial charge in [0.15, 0.2) is 0 Å². The van der Waals surface area contributed by atoms with Gasteiger partial charge in [-0.05, 0) is 107 Å². The Balaban J connectivity index is 1.33. The first kappa shape index (κ1) is 30.6. The molecule has 3 heterocycles. The van der Waals surface area contributed by atoms with Crippen LogP contribution in [0.15, 0.2) is 36.8 Å². The average Bonchev–Trinajstić information content (AvgIpc) is 3.53. The Kier molecular flexibility index (Phi) is 9.06. The summed E-state index contributed by atoms with van der Waals surface area (Å²) >= 11 is 0. The number of carbonyl (C=O) groups excluding carboxylic acids is 1. The van der Waals surface area contributed by atoms with Gasteiger partial charge in [0.25, 0.3) is 5.91 Å². The van der Waals surface area contributed by atoms with Crippen LogP contribution in [0.5, 0.6) is 0 Å². The Labute approximate surface area is 249 Å². The molecule has 1 aliphatic heterocycles. The number of pyridine rings is 1. The zero-order valence-electron chi connectivity index (χ0n) is 25.4. The van der Waals surface area contributed by atoms with Crippen molar-refractivity contribution >= 4 is 26.8 Å². The molecule has 0 spiro atoms. The minimum Gasteiger partial charge on any atom is -0.339 e. The Morgan fingerprint density at radius 1 is 1.14 bits per heavy atom. The zero-order valence-corrected chi connectivity index (χ0v) is 26.3. The van der Waals surface area contributed by atoms with E-state index in [9.17, 15) is 17.6 Å². The molecule has 2 fully saturated rings. The van der Waals surface area contributed by atoms with E-state index in [1.807, 2.05) is 30.8 Å². The van der Waals surface area contributed by atoms with Crippen LogP contribution < -0.4 is 4.72 Å². The van der Waals surface area contributed by atoms with Crippen molar-refractivity contribution in [2.24, 2.45) is 11.8 Å². The number of sulfonamides is 1. The van der Waals surface area contributed by atoms with Gasteiger partial charge in [0.2, 0.25) is 10.0 Å². The molecule has 1 saturated carbocycles. The summed E-state index contributed by atoms with van der Waals surface area (Å²) in [6.07, 6.45) is 13.1. The Hall–Kier alpha value is -2.82. The minimum atomic E-state index is -3.15. The van der Waals surface area contributed by atoms with E-state index >= 15 is 0 Å². The molecule has 0 bridgehead atoms. The van der Waals surface area contributed by atoms with Gasteiger partial charge in [-0.25, -0.2) is 17.5 Å². The largest absolute Gasteiger partial charge is 0.339 e. The van der Waals surface area contributed by atoms with E-state index in [4.69, 9.17) is 0 Å². The summed E-state index contributed by atoms with van der Waals surface area (Å²) in [5.41, 5.74) is 4.23. The van der Waals surface area contributed by atoms with E-state index in [0.717, 1.165) is 74.6 Å². The summed E-state index contributed by atoms with van der Waals surface area (Å²) in [4.78, 5) is 22.1. The Bertz CT molecular complexity index is 1540. The second-order valence-electron chi connectivity index (χ2n) is 12.8. The van der Waals surface area contributed by atoms with Crippen molar-refractivity contribution in [2.75, 3.05) is 32.9 Å². The first-order chi connectivity index (χ1) is 19.9. The molecule has 8 nitrogen and oxygen atoms in total. The van der Waals surface area contributed by atoms with Gasteiger partial charge in [-0.2, -0.15) is 0 Å². The lowest BCUT2D eigenvalue weighted by Crippen LogP contribution is -2.39. The van der Waals surface area contributed by atoms with Gasteiger partial charge in [-0.1, -0.05) is 0 Å². The SMILES string of the molecule is Cc1cncc2c1c(C[C@@H]1CCN(C[C@H]3CC[C@H](NS(C)(=O)=O)CC3)C1)cn2-c1ccc(F)cc1C(=O)N(C)C(C)C. The van der Waals surface area contributed by atoms with Crippen molar-refractivity contribution in [3.63, 3.8) is 0 Å². The lowest BCUT2D eigenvalue weighted by molar-refractivity contribution is 0.0754. The second kappa shape index (κ2) is 12.4. The standard InChI is InChI=1S/C32H44FN5O3S/c1-21(2)36(4)32(39)28-15-26(33)8-11-29(28)38-20-25(31-22(3)16-34-17-30(31)38)14-24-12-13-37(19-24)18-23-6-9-27(10-7-23)35-42(5,40)41/h8,11,15-17,20-21,23-24,27,35H,6-7,9-10,12-14,18-19H2,1-5H3/t23-,24-,27-/m0/s1. The molecule has 1 atom stereocenters. The number of likely N-dealkylation sites (tertiary alicyclic amines) is 1. The van der Waals surface area contributed by atoms with Gasteiger partial charge >= 0.3 is 0 Å². The van der Waals surface area contributed by atoms with Crippen molar-refractivity contribution in [3.8, 4) is 5.69 Å². The molecular weight excluding hydrogens is 553 g/mol. The average molecular weight is 598 g/mol.